The Balaban J connectivity index is 1.70. The highest BCUT2D eigenvalue weighted by Gasteiger charge is 2.44. The molecule has 0 aromatic heterocycles. The number of nitrogens with one attached hydrogen (secondary N) is 1. The van der Waals surface area contributed by atoms with E-state index in [2.05, 4.69) is 13.8 Å². The third-order valence-corrected chi connectivity index (χ3v) is 7.27. The normalized spacial score (nSPS) is 19.4. The number of phenols is 1. The quantitative estimate of drug-likeness (QED) is 0.248. The molecule has 2 aliphatic rings. The Morgan fingerprint density at radius 2 is 1.88 bits per heavy atom. The van der Waals surface area contributed by atoms with Gasteiger partial charge in [0.2, 0.25) is 5.78 Å². The van der Waals surface area contributed by atoms with E-state index in [9.17, 15) is 19.8 Å². The monoisotopic (exact) mass is 552 g/mol. The molecule has 2 fully saturated rings. The fourth-order valence-corrected chi connectivity index (χ4v) is 5.19. The summed E-state index contributed by atoms with van der Waals surface area (Å²) in [4.78, 5) is 29.6. The first kappa shape index (κ1) is 29.4. The minimum Gasteiger partial charge on any atom is -0.872 e. The van der Waals surface area contributed by atoms with E-state index < -0.39 is 23.5 Å². The van der Waals surface area contributed by atoms with Gasteiger partial charge >= 0.3 is 0 Å². The van der Waals surface area contributed by atoms with Crippen LogP contribution in [0.4, 0.5) is 0 Å². The number of phenolic OH excluding ortho intramolecular Hbond substituents is 1. The van der Waals surface area contributed by atoms with Gasteiger partial charge < -0.3 is 34.2 Å². The van der Waals surface area contributed by atoms with Crippen molar-refractivity contribution in [2.24, 2.45) is 5.92 Å². The van der Waals surface area contributed by atoms with E-state index in [1.165, 1.54) is 15.9 Å². The number of Topliss-reactive ketones (excluding diaryl/α,β-unsaturated/α-hetero) is 1. The van der Waals surface area contributed by atoms with E-state index in [1.807, 2.05) is 6.92 Å². The molecule has 2 aliphatic heterocycles. The Hall–Kier alpha value is -3.56. The lowest BCUT2D eigenvalue weighted by molar-refractivity contribution is -0.908. The summed E-state index contributed by atoms with van der Waals surface area (Å²) in [5.41, 5.74) is 1.54. The van der Waals surface area contributed by atoms with Gasteiger partial charge in [-0.3, -0.25) is 9.59 Å². The number of carbonyl (C=O) groups excluding carboxylic acids is 2. The largest absolute Gasteiger partial charge is 0.872 e. The van der Waals surface area contributed by atoms with Crippen molar-refractivity contribution in [3.63, 3.8) is 0 Å². The highest BCUT2D eigenvalue weighted by Crippen LogP contribution is 2.41. The van der Waals surface area contributed by atoms with Crippen molar-refractivity contribution in [1.29, 1.82) is 0 Å². The minimum atomic E-state index is -0.885. The van der Waals surface area contributed by atoms with Crippen molar-refractivity contribution in [2.45, 2.75) is 40.2 Å². The molecule has 1 unspecified atom stereocenters. The van der Waals surface area contributed by atoms with Gasteiger partial charge in [-0.25, -0.2) is 0 Å². The fourth-order valence-electron chi connectivity index (χ4n) is 5.19. The fraction of sp³-hybridized carbons (Fsp3) is 0.484. The number of hydrogen-bond acceptors (Lipinski definition) is 7. The number of ketones is 1. The second-order valence-electron chi connectivity index (χ2n) is 10.8. The Kier molecular flexibility index (Phi) is 9.71. The lowest BCUT2D eigenvalue weighted by Crippen LogP contribution is -3.14. The number of nitrogens with zero attached hydrogens (tertiary/aromatic N) is 1. The number of hydrogen-bond donors (Lipinski definition) is 2. The predicted molar refractivity (Wildman–Crippen MR) is 148 cm³/mol. The van der Waals surface area contributed by atoms with Gasteiger partial charge in [0.1, 0.15) is 18.8 Å². The second kappa shape index (κ2) is 13.2. The first-order valence-corrected chi connectivity index (χ1v) is 14.1. The van der Waals surface area contributed by atoms with Crippen LogP contribution in [0.1, 0.15) is 49.9 Å². The van der Waals surface area contributed by atoms with Gasteiger partial charge in [-0.15, -0.1) is 0 Å². The van der Waals surface area contributed by atoms with Crippen molar-refractivity contribution in [2.75, 3.05) is 52.6 Å². The molecule has 0 spiro atoms. The van der Waals surface area contributed by atoms with Crippen LogP contribution in [-0.2, 0) is 14.3 Å². The third kappa shape index (κ3) is 6.59. The number of rotatable bonds is 11. The van der Waals surface area contributed by atoms with E-state index in [0.29, 0.717) is 62.2 Å². The van der Waals surface area contributed by atoms with Crippen LogP contribution < -0.4 is 19.5 Å². The van der Waals surface area contributed by atoms with Crippen molar-refractivity contribution < 1.29 is 38.9 Å². The van der Waals surface area contributed by atoms with Gasteiger partial charge in [0.05, 0.1) is 39.0 Å². The first-order chi connectivity index (χ1) is 19.2. The molecule has 216 valence electrons. The zero-order valence-corrected chi connectivity index (χ0v) is 23.8. The SMILES string of the molecule is CCOc1cc(C2/C(=C(\[O-])c3ccc(OCC(C)C)c(C)c3)C(=O)C(=O)N2CCC[NH+]2CCOCC2)ccc1O. The van der Waals surface area contributed by atoms with Crippen LogP contribution in [0.2, 0.25) is 0 Å². The molecule has 0 radical (unpaired) electrons. The van der Waals surface area contributed by atoms with E-state index in [4.69, 9.17) is 14.2 Å². The number of aromatic hydroxyl groups is 1. The van der Waals surface area contributed by atoms with Gasteiger partial charge in [-0.05, 0) is 60.7 Å². The van der Waals surface area contributed by atoms with Gasteiger partial charge in [-0.1, -0.05) is 31.7 Å². The van der Waals surface area contributed by atoms with Gasteiger partial charge in [0, 0.05) is 18.5 Å². The van der Waals surface area contributed by atoms with E-state index in [-0.39, 0.29) is 17.1 Å². The second-order valence-corrected chi connectivity index (χ2v) is 10.8. The smallest absolute Gasteiger partial charge is 0.295 e. The molecule has 9 heteroatoms. The first-order valence-electron chi connectivity index (χ1n) is 14.1. The number of ether oxygens (including phenoxy) is 3. The molecule has 2 aromatic carbocycles. The number of carbonyl (C=O) groups is 2. The van der Waals surface area contributed by atoms with Gasteiger partial charge in [0.15, 0.2) is 11.5 Å². The molecule has 2 N–H and O–H groups in total. The molecule has 0 saturated carbocycles. The number of amides is 1. The van der Waals surface area contributed by atoms with Crippen LogP contribution >= 0.6 is 0 Å². The summed E-state index contributed by atoms with van der Waals surface area (Å²) in [5, 5.41) is 24.2. The average Bonchev–Trinajstić information content (AvgIpc) is 3.19. The Labute approximate surface area is 235 Å². The van der Waals surface area contributed by atoms with Gasteiger partial charge in [0.25, 0.3) is 5.91 Å². The zero-order valence-electron chi connectivity index (χ0n) is 23.8. The number of benzene rings is 2. The number of quaternary nitrogens is 1. The van der Waals surface area contributed by atoms with Crippen LogP contribution in [0.5, 0.6) is 17.2 Å². The van der Waals surface area contributed by atoms with Crippen LogP contribution in [-0.4, -0.2) is 74.3 Å². The van der Waals surface area contributed by atoms with Crippen molar-refractivity contribution in [3.8, 4) is 17.2 Å². The number of likely N-dealkylation sites (tertiary alicyclic amines) is 1. The average molecular weight is 553 g/mol. The van der Waals surface area contributed by atoms with Crippen molar-refractivity contribution >= 4 is 17.4 Å². The van der Waals surface area contributed by atoms with Crippen molar-refractivity contribution in [3.05, 3.63) is 58.7 Å². The lowest BCUT2D eigenvalue weighted by atomic mass is 9.94. The summed E-state index contributed by atoms with van der Waals surface area (Å²) in [6.45, 7) is 13.0. The molecule has 0 bridgehead atoms. The molecule has 1 amide bonds. The number of aryl methyl sites for hydroxylation is 1. The van der Waals surface area contributed by atoms with Crippen LogP contribution in [0, 0.1) is 12.8 Å². The molecule has 2 saturated heterocycles. The summed E-state index contributed by atoms with van der Waals surface area (Å²) in [5.74, 6) is -0.769. The molecule has 2 heterocycles. The maximum Gasteiger partial charge on any atom is 0.295 e. The predicted octanol–water partition coefficient (Wildman–Crippen LogP) is 1.66. The molecule has 40 heavy (non-hydrogen) atoms. The number of morpholine rings is 1. The summed E-state index contributed by atoms with van der Waals surface area (Å²) in [6, 6.07) is 8.90. The summed E-state index contributed by atoms with van der Waals surface area (Å²) in [6.07, 6.45) is 0.670. The van der Waals surface area contributed by atoms with Gasteiger partial charge in [-0.2, -0.15) is 0 Å². The molecule has 4 rings (SSSR count). The summed E-state index contributed by atoms with van der Waals surface area (Å²) < 4.78 is 16.9. The lowest BCUT2D eigenvalue weighted by Gasteiger charge is -2.29. The molecule has 9 nitrogen and oxygen atoms in total. The topological polar surface area (TPSA) is 113 Å². The highest BCUT2D eigenvalue weighted by atomic mass is 16.5. The Morgan fingerprint density at radius 3 is 2.55 bits per heavy atom. The summed E-state index contributed by atoms with van der Waals surface area (Å²) in [7, 11) is 0. The van der Waals surface area contributed by atoms with E-state index >= 15 is 0 Å². The molecule has 0 aliphatic carbocycles. The highest BCUT2D eigenvalue weighted by molar-refractivity contribution is 6.46. The van der Waals surface area contributed by atoms with Crippen LogP contribution in [0.3, 0.4) is 0 Å². The Bertz CT molecular complexity index is 1250. The van der Waals surface area contributed by atoms with E-state index in [0.717, 1.165) is 25.2 Å². The molecule has 1 atom stereocenters. The van der Waals surface area contributed by atoms with Crippen LogP contribution in [0.15, 0.2) is 42.0 Å². The maximum absolute atomic E-state index is 13.9. The van der Waals surface area contributed by atoms with Crippen LogP contribution in [0.25, 0.3) is 5.76 Å². The zero-order chi connectivity index (χ0) is 28.8. The molecular formula is C31H40N2O7. The van der Waals surface area contributed by atoms with E-state index in [1.54, 1.807) is 37.3 Å². The third-order valence-electron chi connectivity index (χ3n) is 7.27. The maximum atomic E-state index is 13.9. The molecular weight excluding hydrogens is 512 g/mol. The standard InChI is InChI=1S/C31H40N2O7/c1-5-39-26-18-22(7-9-24(26)34)28-27(29(35)23-8-10-25(21(4)17-23)40-19-20(2)3)30(36)31(37)33(28)12-6-11-32-13-15-38-16-14-32/h7-10,17-18,20,28,34-35H,5-6,11-16,19H2,1-4H3/b29-27+. The Morgan fingerprint density at radius 1 is 1.12 bits per heavy atom. The molecule has 2 aromatic rings. The minimum absolute atomic E-state index is 0.0517. The summed E-state index contributed by atoms with van der Waals surface area (Å²) >= 11 is 0. The van der Waals surface area contributed by atoms with Crippen molar-refractivity contribution in [1.82, 2.24) is 4.90 Å².